The molecule has 0 N–H and O–H groups in total. The van der Waals surface area contributed by atoms with E-state index in [0.717, 1.165) is 29.5 Å². The summed E-state index contributed by atoms with van der Waals surface area (Å²) in [5.74, 6) is -5.58. The Balaban J connectivity index is 2.23. The number of hydrogen-bond acceptors (Lipinski definition) is 10. The Morgan fingerprint density at radius 2 is 1.56 bits per heavy atom. The first-order chi connectivity index (χ1) is 15.3. The van der Waals surface area contributed by atoms with Crippen molar-refractivity contribution in [1.29, 1.82) is 0 Å². The normalized spacial score (nSPS) is 19.0. The average molecular weight is 481 g/mol. The molecule has 172 valence electrons. The van der Waals surface area contributed by atoms with Gasteiger partial charge in [0, 0.05) is 21.6 Å². The lowest BCUT2D eigenvalue weighted by Gasteiger charge is -2.42. The molecule has 8 nitrogen and oxygen atoms in total. The number of fused-ring (bicyclic) bond motifs is 1. The Bertz CT molecular complexity index is 962. The fourth-order valence-electron chi connectivity index (χ4n) is 4.46. The molecule has 2 heterocycles. The number of thiophene rings is 2. The van der Waals surface area contributed by atoms with Crippen LogP contribution >= 0.6 is 22.7 Å². The van der Waals surface area contributed by atoms with Gasteiger partial charge in [-0.25, -0.2) is 0 Å². The molecule has 0 aliphatic heterocycles. The molecule has 0 saturated heterocycles. The second-order valence-electron chi connectivity index (χ2n) is 7.35. The van der Waals surface area contributed by atoms with Crippen molar-refractivity contribution in [1.82, 2.24) is 0 Å². The van der Waals surface area contributed by atoms with E-state index in [0.29, 0.717) is 0 Å². The van der Waals surface area contributed by atoms with E-state index in [2.05, 4.69) is 0 Å². The Morgan fingerprint density at radius 3 is 2.06 bits per heavy atom. The van der Waals surface area contributed by atoms with E-state index in [-0.39, 0.29) is 18.8 Å². The van der Waals surface area contributed by atoms with Crippen molar-refractivity contribution in [2.24, 2.45) is 11.3 Å². The molecule has 0 fully saturated rings. The third-order valence-electron chi connectivity index (χ3n) is 5.97. The largest absolute Gasteiger partial charge is 0.468 e. The van der Waals surface area contributed by atoms with Crippen LogP contribution in [0.2, 0.25) is 0 Å². The van der Waals surface area contributed by atoms with E-state index in [9.17, 15) is 19.2 Å². The van der Waals surface area contributed by atoms with Gasteiger partial charge >= 0.3 is 23.9 Å². The summed E-state index contributed by atoms with van der Waals surface area (Å²) in [7, 11) is 4.73. The maximum absolute atomic E-state index is 13.3. The van der Waals surface area contributed by atoms with Crippen molar-refractivity contribution >= 4 is 46.6 Å². The maximum Gasteiger partial charge on any atom is 0.323 e. The van der Waals surface area contributed by atoms with Gasteiger partial charge in [0.2, 0.25) is 0 Å². The summed E-state index contributed by atoms with van der Waals surface area (Å²) in [4.78, 5) is 53.1. The first kappa shape index (κ1) is 23.9. The molecule has 2 aromatic heterocycles. The molecule has 0 unspecified atom stereocenters. The molecule has 0 amide bonds. The van der Waals surface area contributed by atoms with Crippen LogP contribution in [0.15, 0.2) is 29.0 Å². The highest BCUT2D eigenvalue weighted by Gasteiger charge is 2.61. The van der Waals surface area contributed by atoms with Crippen LogP contribution in [0.25, 0.3) is 0 Å². The fraction of sp³-hybridized carbons (Fsp3) is 0.455. The first-order valence-electron chi connectivity index (χ1n) is 9.78. The summed E-state index contributed by atoms with van der Waals surface area (Å²) in [6.07, 6.45) is -0.0927. The number of ether oxygens (including phenoxy) is 4. The highest BCUT2D eigenvalue weighted by Crippen LogP contribution is 2.58. The van der Waals surface area contributed by atoms with E-state index in [4.69, 9.17) is 18.9 Å². The summed E-state index contributed by atoms with van der Waals surface area (Å²) in [5, 5.41) is 3.80. The zero-order valence-corrected chi connectivity index (χ0v) is 19.7. The third kappa shape index (κ3) is 3.93. The SMILES string of the molecule is COC(=O)C(C[C@@H]1c2sccc2[C@@H](c2cccs2)CC1(C(=O)OC)C(=O)OC)C(=O)OC. The van der Waals surface area contributed by atoms with Crippen LogP contribution < -0.4 is 0 Å². The van der Waals surface area contributed by atoms with Gasteiger partial charge in [0.25, 0.3) is 0 Å². The quantitative estimate of drug-likeness (QED) is 0.338. The van der Waals surface area contributed by atoms with E-state index in [1.807, 2.05) is 29.0 Å². The summed E-state index contributed by atoms with van der Waals surface area (Å²) in [6, 6.07) is 5.80. The van der Waals surface area contributed by atoms with Crippen molar-refractivity contribution in [3.8, 4) is 0 Å². The summed E-state index contributed by atoms with van der Waals surface area (Å²) < 4.78 is 19.8. The first-order valence-corrected chi connectivity index (χ1v) is 11.5. The summed E-state index contributed by atoms with van der Waals surface area (Å²) >= 11 is 2.88. The predicted molar refractivity (Wildman–Crippen MR) is 116 cm³/mol. The molecule has 0 spiro atoms. The second kappa shape index (κ2) is 9.83. The zero-order chi connectivity index (χ0) is 23.5. The molecule has 1 aliphatic rings. The minimum absolute atomic E-state index is 0.0797. The number of methoxy groups -OCH3 is 4. The van der Waals surface area contributed by atoms with Gasteiger partial charge < -0.3 is 18.9 Å². The Kier molecular flexibility index (Phi) is 7.35. The molecule has 3 rings (SSSR count). The molecular formula is C22H24O8S2. The zero-order valence-electron chi connectivity index (χ0n) is 18.1. The standard InChI is InChI=1S/C22H24O8S2/c1-27-18(23)13(19(24)28-2)10-15-17-12(7-9-32-17)14(16-6-5-8-31-16)11-22(15,20(25)29-3)21(26)30-4/h5-9,13-15H,10-11H2,1-4H3/t14-,15+/m0/s1. The fourth-order valence-corrected chi connectivity index (χ4v) is 6.47. The van der Waals surface area contributed by atoms with Gasteiger partial charge in [0.15, 0.2) is 11.3 Å². The molecule has 0 aromatic carbocycles. The number of carbonyl (C=O) groups is 4. The third-order valence-corrected chi connectivity index (χ3v) is 8.00. The molecular weight excluding hydrogens is 456 g/mol. The van der Waals surface area contributed by atoms with Crippen LogP contribution in [0, 0.1) is 11.3 Å². The highest BCUT2D eigenvalue weighted by molar-refractivity contribution is 7.10. The predicted octanol–water partition coefficient (Wildman–Crippen LogP) is 3.11. The molecule has 0 bridgehead atoms. The van der Waals surface area contributed by atoms with Gasteiger partial charge in [-0.3, -0.25) is 19.2 Å². The van der Waals surface area contributed by atoms with E-state index < -0.39 is 41.1 Å². The molecule has 1 aliphatic carbocycles. The highest BCUT2D eigenvalue weighted by atomic mass is 32.1. The molecule has 2 aromatic rings. The minimum atomic E-state index is -1.75. The van der Waals surface area contributed by atoms with Crippen LogP contribution in [0.5, 0.6) is 0 Å². The van der Waals surface area contributed by atoms with Gasteiger partial charge in [-0.15, -0.1) is 22.7 Å². The van der Waals surface area contributed by atoms with E-state index >= 15 is 0 Å². The van der Waals surface area contributed by atoms with Crippen molar-refractivity contribution in [3.63, 3.8) is 0 Å². The number of esters is 4. The lowest BCUT2D eigenvalue weighted by molar-refractivity contribution is -0.175. The van der Waals surface area contributed by atoms with Crippen molar-refractivity contribution in [2.75, 3.05) is 28.4 Å². The van der Waals surface area contributed by atoms with Crippen LogP contribution in [-0.2, 0) is 38.1 Å². The number of hydrogen-bond donors (Lipinski definition) is 0. The van der Waals surface area contributed by atoms with E-state index in [1.165, 1.54) is 36.9 Å². The number of rotatable bonds is 7. The summed E-state index contributed by atoms with van der Waals surface area (Å²) in [5.41, 5.74) is -0.810. The Hall–Kier alpha value is -2.72. The molecule has 0 radical (unpaired) electrons. The topological polar surface area (TPSA) is 105 Å². The molecule has 2 atom stereocenters. The summed E-state index contributed by atoms with van der Waals surface area (Å²) in [6.45, 7) is 0. The molecule has 0 saturated carbocycles. The number of carbonyl (C=O) groups excluding carboxylic acids is 4. The van der Waals surface area contributed by atoms with Crippen molar-refractivity contribution in [3.05, 3.63) is 44.3 Å². The maximum atomic E-state index is 13.3. The smallest absolute Gasteiger partial charge is 0.323 e. The Morgan fingerprint density at radius 1 is 0.938 bits per heavy atom. The van der Waals surface area contributed by atoms with Crippen LogP contribution in [0.3, 0.4) is 0 Å². The van der Waals surface area contributed by atoms with Crippen LogP contribution in [0.4, 0.5) is 0 Å². The molecule has 32 heavy (non-hydrogen) atoms. The van der Waals surface area contributed by atoms with Gasteiger partial charge in [0.05, 0.1) is 28.4 Å². The monoisotopic (exact) mass is 480 g/mol. The van der Waals surface area contributed by atoms with Crippen molar-refractivity contribution in [2.45, 2.75) is 24.7 Å². The lowest BCUT2D eigenvalue weighted by atomic mass is 9.60. The second-order valence-corrected chi connectivity index (χ2v) is 9.28. The average Bonchev–Trinajstić information content (AvgIpc) is 3.52. The van der Waals surface area contributed by atoms with Gasteiger partial charge in [-0.1, -0.05) is 6.07 Å². The van der Waals surface area contributed by atoms with E-state index in [1.54, 1.807) is 0 Å². The lowest BCUT2D eigenvalue weighted by Crippen LogP contribution is -2.50. The van der Waals surface area contributed by atoms with Gasteiger partial charge in [-0.2, -0.15) is 0 Å². The van der Waals surface area contributed by atoms with Gasteiger partial charge in [-0.05, 0) is 41.3 Å². The van der Waals surface area contributed by atoms with Crippen LogP contribution in [-0.4, -0.2) is 52.3 Å². The van der Waals surface area contributed by atoms with Gasteiger partial charge in [0.1, 0.15) is 0 Å². The molecule has 10 heteroatoms. The van der Waals surface area contributed by atoms with Crippen LogP contribution in [0.1, 0.15) is 40.0 Å². The van der Waals surface area contributed by atoms with Crippen molar-refractivity contribution < 1.29 is 38.1 Å². The Labute approximate surface area is 193 Å². The minimum Gasteiger partial charge on any atom is -0.468 e.